The van der Waals surface area contributed by atoms with Crippen molar-refractivity contribution in [1.82, 2.24) is 9.80 Å². The fourth-order valence-corrected chi connectivity index (χ4v) is 2.41. The maximum Gasteiger partial charge on any atom is 0.321 e. The van der Waals surface area contributed by atoms with Crippen LogP contribution >= 0.6 is 0 Å². The summed E-state index contributed by atoms with van der Waals surface area (Å²) in [7, 11) is 0. The lowest BCUT2D eigenvalue weighted by molar-refractivity contribution is 0.151. The molecule has 0 spiro atoms. The molecule has 0 radical (unpaired) electrons. The molecule has 0 atom stereocenters. The number of hydrogen-bond donors (Lipinski definition) is 1. The van der Waals surface area contributed by atoms with Crippen LogP contribution in [0.4, 0.5) is 10.5 Å². The van der Waals surface area contributed by atoms with Crippen molar-refractivity contribution in [3.8, 4) is 0 Å². The first kappa shape index (κ1) is 13.9. The van der Waals surface area contributed by atoms with Crippen molar-refractivity contribution < 1.29 is 4.79 Å². The number of nitrogens with one attached hydrogen (secondary N) is 1. The number of nitrogens with zero attached hydrogens (tertiary/aromatic N) is 2. The van der Waals surface area contributed by atoms with Crippen molar-refractivity contribution in [2.24, 2.45) is 0 Å². The number of urea groups is 1. The van der Waals surface area contributed by atoms with Gasteiger partial charge in [-0.15, -0.1) is 0 Å². The van der Waals surface area contributed by atoms with E-state index in [2.05, 4.69) is 30.1 Å². The first-order valence-electron chi connectivity index (χ1n) is 7.10. The van der Waals surface area contributed by atoms with Gasteiger partial charge in [0.1, 0.15) is 0 Å². The largest absolute Gasteiger partial charge is 0.322 e. The number of amides is 2. The van der Waals surface area contributed by atoms with Gasteiger partial charge in [0.15, 0.2) is 0 Å². The summed E-state index contributed by atoms with van der Waals surface area (Å²) in [5, 5.41) is 3.03. The maximum atomic E-state index is 12.2. The van der Waals surface area contributed by atoms with Crippen molar-refractivity contribution >= 4 is 11.7 Å². The SMILES string of the molecule is CCc1ccccc1NC(=O)N1CCN(CC)CC1. The van der Waals surface area contributed by atoms with Gasteiger partial charge >= 0.3 is 6.03 Å². The Bertz CT molecular complexity index is 425. The van der Waals surface area contributed by atoms with E-state index < -0.39 is 0 Å². The standard InChI is InChI=1S/C15H23N3O/c1-3-13-7-5-6-8-14(13)16-15(19)18-11-9-17(4-2)10-12-18/h5-8H,3-4,9-12H2,1-2H3,(H,16,19). The molecule has 104 valence electrons. The smallest absolute Gasteiger partial charge is 0.321 e. The Balaban J connectivity index is 1.94. The van der Waals surface area contributed by atoms with Crippen LogP contribution in [0.1, 0.15) is 19.4 Å². The van der Waals surface area contributed by atoms with E-state index in [-0.39, 0.29) is 6.03 Å². The molecule has 1 heterocycles. The summed E-state index contributed by atoms with van der Waals surface area (Å²) in [5.41, 5.74) is 2.12. The minimum absolute atomic E-state index is 0.0247. The molecular weight excluding hydrogens is 238 g/mol. The molecule has 4 heteroatoms. The third-order valence-corrected chi connectivity index (χ3v) is 3.75. The van der Waals surface area contributed by atoms with Crippen LogP contribution < -0.4 is 5.32 Å². The van der Waals surface area contributed by atoms with Crippen molar-refractivity contribution in [2.45, 2.75) is 20.3 Å². The number of likely N-dealkylation sites (N-methyl/N-ethyl adjacent to an activating group) is 1. The number of rotatable bonds is 3. The van der Waals surface area contributed by atoms with Crippen molar-refractivity contribution in [1.29, 1.82) is 0 Å². The Labute approximate surface area is 115 Å². The van der Waals surface area contributed by atoms with Gasteiger partial charge in [-0.3, -0.25) is 0 Å². The summed E-state index contributed by atoms with van der Waals surface area (Å²) in [6, 6.07) is 8.03. The first-order valence-corrected chi connectivity index (χ1v) is 7.10. The maximum absolute atomic E-state index is 12.2. The normalized spacial score (nSPS) is 16.4. The first-order chi connectivity index (χ1) is 9.24. The number of aryl methyl sites for hydroxylation is 1. The van der Waals surface area contributed by atoms with Crippen LogP contribution in [0.5, 0.6) is 0 Å². The van der Waals surface area contributed by atoms with Gasteiger partial charge in [0.05, 0.1) is 0 Å². The predicted octanol–water partition coefficient (Wildman–Crippen LogP) is 2.42. The molecule has 0 aromatic heterocycles. The Kier molecular flexibility index (Phi) is 4.80. The third-order valence-electron chi connectivity index (χ3n) is 3.75. The van der Waals surface area contributed by atoms with Gasteiger partial charge in [-0.25, -0.2) is 4.79 Å². The van der Waals surface area contributed by atoms with Crippen LogP contribution in [-0.2, 0) is 6.42 Å². The number of piperazine rings is 1. The number of carbonyl (C=O) groups is 1. The Morgan fingerprint density at radius 2 is 1.84 bits per heavy atom. The number of para-hydroxylation sites is 1. The summed E-state index contributed by atoms with van der Waals surface area (Å²) in [6.45, 7) is 8.90. The molecule has 1 saturated heterocycles. The van der Waals surface area contributed by atoms with Gasteiger partial charge in [0.2, 0.25) is 0 Å². The number of hydrogen-bond acceptors (Lipinski definition) is 2. The molecule has 1 aromatic carbocycles. The van der Waals surface area contributed by atoms with E-state index in [0.717, 1.165) is 44.8 Å². The molecule has 0 unspecified atom stereocenters. The minimum Gasteiger partial charge on any atom is -0.322 e. The van der Waals surface area contributed by atoms with Gasteiger partial charge in [-0.05, 0) is 24.6 Å². The zero-order valence-corrected chi connectivity index (χ0v) is 11.9. The second kappa shape index (κ2) is 6.57. The molecule has 1 N–H and O–H groups in total. The Hall–Kier alpha value is -1.55. The van der Waals surface area contributed by atoms with Crippen molar-refractivity contribution in [3.63, 3.8) is 0 Å². The summed E-state index contributed by atoms with van der Waals surface area (Å²) in [4.78, 5) is 16.5. The Morgan fingerprint density at radius 1 is 1.16 bits per heavy atom. The summed E-state index contributed by atoms with van der Waals surface area (Å²) in [5.74, 6) is 0. The van der Waals surface area contributed by atoms with Crippen LogP contribution in [0, 0.1) is 0 Å². The number of anilines is 1. The number of benzene rings is 1. The monoisotopic (exact) mass is 261 g/mol. The number of carbonyl (C=O) groups excluding carboxylic acids is 1. The predicted molar refractivity (Wildman–Crippen MR) is 78.5 cm³/mol. The summed E-state index contributed by atoms with van der Waals surface area (Å²) in [6.07, 6.45) is 0.931. The van der Waals surface area contributed by atoms with E-state index in [1.165, 1.54) is 5.56 Å². The molecule has 2 rings (SSSR count). The minimum atomic E-state index is 0.0247. The summed E-state index contributed by atoms with van der Waals surface area (Å²) < 4.78 is 0. The lowest BCUT2D eigenvalue weighted by Crippen LogP contribution is -2.49. The van der Waals surface area contributed by atoms with Gasteiger partial charge < -0.3 is 15.1 Å². The van der Waals surface area contributed by atoms with Crippen molar-refractivity contribution in [3.05, 3.63) is 29.8 Å². The van der Waals surface area contributed by atoms with Crippen molar-refractivity contribution in [2.75, 3.05) is 38.0 Å². The van der Waals surface area contributed by atoms with E-state index in [1.54, 1.807) is 0 Å². The zero-order chi connectivity index (χ0) is 13.7. The van der Waals surface area contributed by atoms with E-state index in [4.69, 9.17) is 0 Å². The fourth-order valence-electron chi connectivity index (χ4n) is 2.41. The highest BCUT2D eigenvalue weighted by atomic mass is 16.2. The fraction of sp³-hybridized carbons (Fsp3) is 0.533. The Morgan fingerprint density at radius 3 is 2.47 bits per heavy atom. The molecule has 0 saturated carbocycles. The molecule has 1 aliphatic rings. The highest BCUT2D eigenvalue weighted by Crippen LogP contribution is 2.16. The molecule has 4 nitrogen and oxygen atoms in total. The highest BCUT2D eigenvalue weighted by Gasteiger charge is 2.20. The molecule has 1 aromatic rings. The van der Waals surface area contributed by atoms with Gasteiger partial charge in [-0.1, -0.05) is 32.0 Å². The highest BCUT2D eigenvalue weighted by molar-refractivity contribution is 5.90. The summed E-state index contributed by atoms with van der Waals surface area (Å²) >= 11 is 0. The molecule has 19 heavy (non-hydrogen) atoms. The van der Waals surface area contributed by atoms with E-state index in [0.29, 0.717) is 0 Å². The van der Waals surface area contributed by atoms with Crippen LogP contribution in [0.2, 0.25) is 0 Å². The molecule has 0 bridgehead atoms. The quantitative estimate of drug-likeness (QED) is 0.907. The van der Waals surface area contributed by atoms with Crippen LogP contribution in [0.3, 0.4) is 0 Å². The lowest BCUT2D eigenvalue weighted by atomic mass is 10.1. The molecule has 2 amide bonds. The topological polar surface area (TPSA) is 35.6 Å². The second-order valence-corrected chi connectivity index (χ2v) is 4.86. The van der Waals surface area contributed by atoms with Crippen LogP contribution in [0.15, 0.2) is 24.3 Å². The molecule has 0 aliphatic carbocycles. The van der Waals surface area contributed by atoms with Gasteiger partial charge in [0.25, 0.3) is 0 Å². The second-order valence-electron chi connectivity index (χ2n) is 4.86. The average molecular weight is 261 g/mol. The van der Waals surface area contributed by atoms with Gasteiger partial charge in [0, 0.05) is 31.9 Å². The molecule has 1 fully saturated rings. The van der Waals surface area contributed by atoms with Crippen LogP contribution in [0.25, 0.3) is 0 Å². The van der Waals surface area contributed by atoms with Gasteiger partial charge in [-0.2, -0.15) is 0 Å². The average Bonchev–Trinajstić information content (AvgIpc) is 2.48. The van der Waals surface area contributed by atoms with E-state index in [1.807, 2.05) is 23.1 Å². The van der Waals surface area contributed by atoms with E-state index in [9.17, 15) is 4.79 Å². The third kappa shape index (κ3) is 3.47. The molecule has 1 aliphatic heterocycles. The zero-order valence-electron chi connectivity index (χ0n) is 11.9. The van der Waals surface area contributed by atoms with E-state index >= 15 is 0 Å². The molecular formula is C15H23N3O. The lowest BCUT2D eigenvalue weighted by Gasteiger charge is -2.34. The van der Waals surface area contributed by atoms with Crippen LogP contribution in [-0.4, -0.2) is 48.6 Å².